The fourth-order valence-electron chi connectivity index (χ4n) is 6.09. The van der Waals surface area contributed by atoms with Crippen molar-refractivity contribution >= 4 is 0 Å². The van der Waals surface area contributed by atoms with Crippen LogP contribution in [0.5, 0.6) is 0 Å². The van der Waals surface area contributed by atoms with Gasteiger partial charge in [0.05, 0.1) is 12.9 Å². The van der Waals surface area contributed by atoms with E-state index in [0.29, 0.717) is 0 Å². The van der Waals surface area contributed by atoms with E-state index < -0.39 is 0 Å². The summed E-state index contributed by atoms with van der Waals surface area (Å²) in [6, 6.07) is 0. The van der Waals surface area contributed by atoms with Gasteiger partial charge in [0, 0.05) is 0 Å². The number of hydrogen-bond acceptors (Lipinski definition) is 1. The van der Waals surface area contributed by atoms with Crippen molar-refractivity contribution in [2.45, 2.75) is 32.1 Å². The molecule has 0 aromatic rings. The van der Waals surface area contributed by atoms with E-state index in [1.54, 1.807) is 25.5 Å². The highest BCUT2D eigenvalue weighted by Crippen LogP contribution is 2.68. The summed E-state index contributed by atoms with van der Waals surface area (Å²) >= 11 is 0. The highest BCUT2D eigenvalue weighted by molar-refractivity contribution is 5.10. The number of hydrogen-bond donors (Lipinski definition) is 0. The zero-order valence-electron chi connectivity index (χ0n) is 9.98. The number of ether oxygens (including phenoxy) is 1. The van der Waals surface area contributed by atoms with Crippen molar-refractivity contribution in [1.82, 2.24) is 0 Å². The standard InChI is InChI=1S/C15H22O/c1-2-16-8-12-6-11-7-13(12)15-10-4-3-9(5-10)14(11)15/h2,9-15H,1,3-8H2. The summed E-state index contributed by atoms with van der Waals surface area (Å²) in [5, 5.41) is 0. The Hall–Kier alpha value is -0.460. The van der Waals surface area contributed by atoms with E-state index in [4.69, 9.17) is 4.74 Å². The van der Waals surface area contributed by atoms with Gasteiger partial charge >= 0.3 is 0 Å². The minimum absolute atomic E-state index is 0.864. The molecule has 0 saturated heterocycles. The largest absolute Gasteiger partial charge is 0.502 e. The molecule has 88 valence electrons. The van der Waals surface area contributed by atoms with E-state index in [1.165, 1.54) is 12.8 Å². The summed E-state index contributed by atoms with van der Waals surface area (Å²) in [6.07, 6.45) is 9.31. The molecular formula is C15H22O. The first-order valence-corrected chi connectivity index (χ1v) is 7.11. The van der Waals surface area contributed by atoms with Gasteiger partial charge in [0.25, 0.3) is 0 Å². The summed E-state index contributed by atoms with van der Waals surface area (Å²) in [5.74, 6) is 7.44. The highest BCUT2D eigenvalue weighted by atomic mass is 16.5. The van der Waals surface area contributed by atoms with Gasteiger partial charge in [0.2, 0.25) is 0 Å². The molecule has 16 heavy (non-hydrogen) atoms. The SMILES string of the molecule is C=COCC1CC2CC1C1C3CCC(C3)C21. The Balaban J connectivity index is 1.54. The molecule has 4 aliphatic carbocycles. The van der Waals surface area contributed by atoms with Gasteiger partial charge in [-0.1, -0.05) is 6.58 Å². The lowest BCUT2D eigenvalue weighted by atomic mass is 9.68. The van der Waals surface area contributed by atoms with Crippen LogP contribution in [0.15, 0.2) is 12.8 Å². The van der Waals surface area contributed by atoms with Crippen LogP contribution in [-0.2, 0) is 4.74 Å². The van der Waals surface area contributed by atoms with E-state index in [9.17, 15) is 0 Å². The summed E-state index contributed by atoms with van der Waals surface area (Å²) in [4.78, 5) is 0. The van der Waals surface area contributed by atoms with E-state index in [0.717, 1.165) is 48.0 Å². The molecule has 4 aliphatic rings. The number of rotatable bonds is 3. The van der Waals surface area contributed by atoms with E-state index in [-0.39, 0.29) is 0 Å². The Morgan fingerprint density at radius 3 is 2.62 bits per heavy atom. The van der Waals surface area contributed by atoms with E-state index in [1.807, 2.05) is 0 Å². The van der Waals surface area contributed by atoms with Crippen LogP contribution in [0.3, 0.4) is 0 Å². The lowest BCUT2D eigenvalue weighted by molar-refractivity contribution is 0.0661. The summed E-state index contributed by atoms with van der Waals surface area (Å²) in [7, 11) is 0. The van der Waals surface area contributed by atoms with Crippen molar-refractivity contribution in [2.24, 2.45) is 41.4 Å². The molecule has 1 heteroatoms. The third-order valence-electron chi connectivity index (χ3n) is 6.30. The molecule has 7 unspecified atom stereocenters. The molecule has 0 N–H and O–H groups in total. The second-order valence-corrected chi connectivity index (χ2v) is 6.64. The van der Waals surface area contributed by atoms with Gasteiger partial charge in [0.15, 0.2) is 0 Å². The molecule has 0 aliphatic heterocycles. The maximum absolute atomic E-state index is 5.46. The van der Waals surface area contributed by atoms with Crippen molar-refractivity contribution in [3.05, 3.63) is 12.8 Å². The van der Waals surface area contributed by atoms with Crippen molar-refractivity contribution in [1.29, 1.82) is 0 Å². The topological polar surface area (TPSA) is 9.23 Å². The van der Waals surface area contributed by atoms with Gasteiger partial charge in [-0.15, -0.1) is 0 Å². The predicted molar refractivity (Wildman–Crippen MR) is 63.7 cm³/mol. The maximum Gasteiger partial charge on any atom is 0.0903 e. The fraction of sp³-hybridized carbons (Fsp3) is 0.867. The second-order valence-electron chi connectivity index (χ2n) is 6.64. The van der Waals surface area contributed by atoms with Crippen molar-refractivity contribution in [2.75, 3.05) is 6.61 Å². The Kier molecular flexibility index (Phi) is 1.95. The molecule has 0 radical (unpaired) electrons. The Morgan fingerprint density at radius 1 is 1.00 bits per heavy atom. The van der Waals surface area contributed by atoms with Crippen LogP contribution in [0.25, 0.3) is 0 Å². The molecule has 7 atom stereocenters. The zero-order chi connectivity index (χ0) is 10.7. The first kappa shape index (κ1) is 9.56. The average Bonchev–Trinajstić information content (AvgIpc) is 3.02. The molecular weight excluding hydrogens is 196 g/mol. The lowest BCUT2D eigenvalue weighted by Gasteiger charge is -2.38. The van der Waals surface area contributed by atoms with E-state index in [2.05, 4.69) is 6.58 Å². The fourth-order valence-corrected chi connectivity index (χ4v) is 6.09. The van der Waals surface area contributed by atoms with Gasteiger partial charge in [-0.05, 0) is 73.5 Å². The van der Waals surface area contributed by atoms with Crippen LogP contribution in [0.1, 0.15) is 32.1 Å². The maximum atomic E-state index is 5.46. The molecule has 4 rings (SSSR count). The third kappa shape index (κ3) is 1.07. The van der Waals surface area contributed by atoms with Crippen molar-refractivity contribution in [3.8, 4) is 0 Å². The predicted octanol–water partition coefficient (Wildman–Crippen LogP) is 3.46. The minimum atomic E-state index is 0.864. The first-order valence-electron chi connectivity index (χ1n) is 7.11. The zero-order valence-corrected chi connectivity index (χ0v) is 9.98. The van der Waals surface area contributed by atoms with Crippen LogP contribution in [0.2, 0.25) is 0 Å². The Bertz CT molecular complexity index is 311. The number of fused-ring (bicyclic) bond motifs is 9. The van der Waals surface area contributed by atoms with Gasteiger partial charge in [-0.2, -0.15) is 0 Å². The lowest BCUT2D eigenvalue weighted by Crippen LogP contribution is -2.34. The smallest absolute Gasteiger partial charge is 0.0903 e. The Morgan fingerprint density at radius 2 is 1.81 bits per heavy atom. The minimum Gasteiger partial charge on any atom is -0.502 e. The average molecular weight is 218 g/mol. The Labute approximate surface area is 98.2 Å². The first-order chi connectivity index (χ1) is 7.88. The van der Waals surface area contributed by atoms with Crippen LogP contribution in [-0.4, -0.2) is 6.61 Å². The summed E-state index contributed by atoms with van der Waals surface area (Å²) in [6.45, 7) is 4.62. The molecule has 1 nitrogen and oxygen atoms in total. The second kappa shape index (κ2) is 3.27. The molecule has 0 aromatic carbocycles. The third-order valence-corrected chi connectivity index (χ3v) is 6.30. The van der Waals surface area contributed by atoms with Crippen molar-refractivity contribution < 1.29 is 4.74 Å². The van der Waals surface area contributed by atoms with Gasteiger partial charge in [-0.25, -0.2) is 0 Å². The van der Waals surface area contributed by atoms with Crippen molar-refractivity contribution in [3.63, 3.8) is 0 Å². The summed E-state index contributed by atoms with van der Waals surface area (Å²) < 4.78 is 5.46. The molecule has 0 heterocycles. The quantitative estimate of drug-likeness (QED) is 0.520. The molecule has 4 fully saturated rings. The monoisotopic (exact) mass is 218 g/mol. The van der Waals surface area contributed by atoms with Crippen LogP contribution in [0, 0.1) is 41.4 Å². The molecule has 0 spiro atoms. The van der Waals surface area contributed by atoms with Gasteiger partial charge < -0.3 is 4.74 Å². The molecule has 0 amide bonds. The van der Waals surface area contributed by atoms with E-state index >= 15 is 0 Å². The van der Waals surface area contributed by atoms with Gasteiger partial charge in [0.1, 0.15) is 0 Å². The van der Waals surface area contributed by atoms with Gasteiger partial charge in [-0.3, -0.25) is 0 Å². The van der Waals surface area contributed by atoms with Crippen LogP contribution in [0.4, 0.5) is 0 Å². The van der Waals surface area contributed by atoms with Crippen LogP contribution < -0.4 is 0 Å². The molecule has 0 aromatic heterocycles. The highest BCUT2D eigenvalue weighted by Gasteiger charge is 2.62. The normalized spacial score (nSPS) is 56.6. The summed E-state index contributed by atoms with van der Waals surface area (Å²) in [5.41, 5.74) is 0. The van der Waals surface area contributed by atoms with Crippen LogP contribution >= 0.6 is 0 Å². The molecule has 4 saturated carbocycles. The molecule has 4 bridgehead atoms.